The second kappa shape index (κ2) is 9.88. The molecule has 0 radical (unpaired) electrons. The summed E-state index contributed by atoms with van der Waals surface area (Å²) >= 11 is 6.25. The molecule has 0 bridgehead atoms. The van der Waals surface area contributed by atoms with Crippen LogP contribution in [0.4, 0.5) is 5.69 Å². The Morgan fingerprint density at radius 1 is 0.944 bits per heavy atom. The van der Waals surface area contributed by atoms with Crippen LogP contribution in [-0.2, 0) is 9.59 Å². The zero-order chi connectivity index (χ0) is 25.2. The molecule has 1 atom stereocenters. The van der Waals surface area contributed by atoms with E-state index in [1.807, 2.05) is 49.4 Å². The summed E-state index contributed by atoms with van der Waals surface area (Å²) in [5.74, 6) is -1.05. The van der Waals surface area contributed by atoms with Crippen molar-refractivity contribution in [3.63, 3.8) is 0 Å². The van der Waals surface area contributed by atoms with Crippen LogP contribution in [0.25, 0.3) is 16.5 Å². The van der Waals surface area contributed by atoms with Crippen molar-refractivity contribution in [3.8, 4) is 5.75 Å². The molecule has 180 valence electrons. The SMILES string of the molecule is CCCOc1ccc(/C(O)=C2/C(=O)C(=O)N(c3cccc(Cl)c3)C2c2cccc3ccccc23)cc1. The van der Waals surface area contributed by atoms with Crippen molar-refractivity contribution in [2.24, 2.45) is 0 Å². The number of aliphatic hydroxyl groups excluding tert-OH is 1. The number of benzene rings is 4. The first-order chi connectivity index (χ1) is 17.5. The topological polar surface area (TPSA) is 66.8 Å². The highest BCUT2D eigenvalue weighted by molar-refractivity contribution is 6.52. The van der Waals surface area contributed by atoms with E-state index < -0.39 is 17.7 Å². The van der Waals surface area contributed by atoms with Gasteiger partial charge in [-0.2, -0.15) is 0 Å². The molecule has 4 aromatic rings. The van der Waals surface area contributed by atoms with E-state index in [4.69, 9.17) is 16.3 Å². The standard InChI is InChI=1S/C30H24ClNO4/c1-2-17-36-23-15-13-20(14-16-23)28(33)26-27(25-12-5-8-19-7-3-4-11-24(19)25)32(30(35)29(26)34)22-10-6-9-21(31)18-22/h3-16,18,27,33H,2,17H2,1H3/b28-26-. The monoisotopic (exact) mass is 497 g/mol. The van der Waals surface area contributed by atoms with Gasteiger partial charge in [-0.25, -0.2) is 0 Å². The van der Waals surface area contributed by atoms with E-state index in [1.54, 1.807) is 48.5 Å². The lowest BCUT2D eigenvalue weighted by Gasteiger charge is -2.26. The summed E-state index contributed by atoms with van der Waals surface area (Å²) in [6, 6.07) is 26.3. The van der Waals surface area contributed by atoms with Crippen LogP contribution < -0.4 is 9.64 Å². The molecule has 1 fully saturated rings. The Hall–Kier alpha value is -4.09. The second-order valence-electron chi connectivity index (χ2n) is 8.59. The van der Waals surface area contributed by atoms with Gasteiger partial charge in [0, 0.05) is 16.3 Å². The number of nitrogens with zero attached hydrogens (tertiary/aromatic N) is 1. The maximum Gasteiger partial charge on any atom is 0.300 e. The molecule has 5 rings (SSSR count). The van der Waals surface area contributed by atoms with Gasteiger partial charge in [-0.15, -0.1) is 0 Å². The number of ketones is 1. The quantitative estimate of drug-likeness (QED) is 0.178. The van der Waals surface area contributed by atoms with Crippen LogP contribution in [0.15, 0.2) is 96.6 Å². The number of amides is 1. The highest BCUT2D eigenvalue weighted by Gasteiger charge is 2.47. The summed E-state index contributed by atoms with van der Waals surface area (Å²) in [7, 11) is 0. The summed E-state index contributed by atoms with van der Waals surface area (Å²) in [5, 5.41) is 13.7. The lowest BCUT2D eigenvalue weighted by molar-refractivity contribution is -0.132. The third-order valence-electron chi connectivity index (χ3n) is 6.25. The lowest BCUT2D eigenvalue weighted by Crippen LogP contribution is -2.29. The smallest absolute Gasteiger partial charge is 0.300 e. The first kappa shape index (κ1) is 23.6. The molecular formula is C30H24ClNO4. The molecule has 0 aromatic heterocycles. The van der Waals surface area contributed by atoms with E-state index in [-0.39, 0.29) is 11.3 Å². The Morgan fingerprint density at radius 3 is 2.42 bits per heavy atom. The van der Waals surface area contributed by atoms with Crippen molar-refractivity contribution in [3.05, 3.63) is 113 Å². The highest BCUT2D eigenvalue weighted by atomic mass is 35.5. The number of hydrogen-bond acceptors (Lipinski definition) is 4. The number of aliphatic hydroxyl groups is 1. The molecule has 0 spiro atoms. The fourth-order valence-electron chi connectivity index (χ4n) is 4.59. The van der Waals surface area contributed by atoms with E-state index >= 15 is 0 Å². The Labute approximate surface area is 214 Å². The summed E-state index contributed by atoms with van der Waals surface area (Å²) < 4.78 is 5.64. The summed E-state index contributed by atoms with van der Waals surface area (Å²) in [6.45, 7) is 2.60. The van der Waals surface area contributed by atoms with Gasteiger partial charge in [0.1, 0.15) is 11.5 Å². The number of halogens is 1. The number of fused-ring (bicyclic) bond motifs is 1. The number of rotatable bonds is 6. The van der Waals surface area contributed by atoms with Crippen molar-refractivity contribution < 1.29 is 19.4 Å². The van der Waals surface area contributed by atoms with E-state index in [9.17, 15) is 14.7 Å². The Morgan fingerprint density at radius 2 is 1.67 bits per heavy atom. The molecule has 0 saturated carbocycles. The number of ether oxygens (including phenoxy) is 1. The Balaban J connectivity index is 1.72. The average molecular weight is 498 g/mol. The fourth-order valence-corrected chi connectivity index (χ4v) is 4.78. The number of hydrogen-bond donors (Lipinski definition) is 1. The Kier molecular flexibility index (Phi) is 6.49. The van der Waals surface area contributed by atoms with E-state index in [0.717, 1.165) is 22.8 Å². The van der Waals surface area contributed by atoms with Crippen molar-refractivity contribution in [2.45, 2.75) is 19.4 Å². The van der Waals surface area contributed by atoms with Gasteiger partial charge in [-0.05, 0) is 65.2 Å². The Bertz CT molecular complexity index is 1490. The number of carbonyl (C=O) groups is 2. The molecule has 5 nitrogen and oxygen atoms in total. The normalized spacial score (nSPS) is 17.1. The van der Waals surface area contributed by atoms with Gasteiger partial charge >= 0.3 is 0 Å². The van der Waals surface area contributed by atoms with Crippen LogP contribution in [0, 0.1) is 0 Å². The van der Waals surface area contributed by atoms with Crippen molar-refractivity contribution in [1.29, 1.82) is 0 Å². The minimum atomic E-state index is -0.842. The lowest BCUT2D eigenvalue weighted by atomic mass is 9.91. The first-order valence-electron chi connectivity index (χ1n) is 11.8. The third kappa shape index (κ3) is 4.23. The average Bonchev–Trinajstić information content (AvgIpc) is 3.17. The van der Waals surface area contributed by atoms with E-state index in [0.29, 0.717) is 28.6 Å². The van der Waals surface area contributed by atoms with Crippen LogP contribution >= 0.6 is 11.6 Å². The molecule has 1 N–H and O–H groups in total. The van der Waals surface area contributed by atoms with Crippen molar-refractivity contribution >= 4 is 45.5 Å². The zero-order valence-electron chi connectivity index (χ0n) is 19.6. The summed E-state index contributed by atoms with van der Waals surface area (Å²) in [6.07, 6.45) is 0.875. The predicted octanol–water partition coefficient (Wildman–Crippen LogP) is 6.91. The van der Waals surface area contributed by atoms with Crippen LogP contribution in [-0.4, -0.2) is 23.4 Å². The molecule has 1 unspecified atom stereocenters. The van der Waals surface area contributed by atoms with Gasteiger partial charge in [0.2, 0.25) is 0 Å². The molecule has 36 heavy (non-hydrogen) atoms. The minimum Gasteiger partial charge on any atom is -0.507 e. The molecule has 1 heterocycles. The molecule has 1 amide bonds. The van der Waals surface area contributed by atoms with Gasteiger partial charge < -0.3 is 9.84 Å². The van der Waals surface area contributed by atoms with E-state index in [2.05, 4.69) is 0 Å². The number of anilines is 1. The molecule has 1 aliphatic heterocycles. The molecule has 4 aromatic carbocycles. The minimum absolute atomic E-state index is 0.0264. The van der Waals surface area contributed by atoms with Crippen LogP contribution in [0.3, 0.4) is 0 Å². The van der Waals surface area contributed by atoms with Crippen molar-refractivity contribution in [1.82, 2.24) is 0 Å². The van der Waals surface area contributed by atoms with Gasteiger partial charge in [0.15, 0.2) is 0 Å². The maximum absolute atomic E-state index is 13.5. The molecule has 6 heteroatoms. The third-order valence-corrected chi connectivity index (χ3v) is 6.48. The van der Waals surface area contributed by atoms with Gasteiger partial charge in [0.25, 0.3) is 11.7 Å². The maximum atomic E-state index is 13.5. The molecule has 1 saturated heterocycles. The fraction of sp³-hybridized carbons (Fsp3) is 0.133. The first-order valence-corrected chi connectivity index (χ1v) is 12.1. The second-order valence-corrected chi connectivity index (χ2v) is 9.03. The number of carbonyl (C=O) groups excluding carboxylic acids is 2. The zero-order valence-corrected chi connectivity index (χ0v) is 20.4. The van der Waals surface area contributed by atoms with Crippen LogP contribution in [0.2, 0.25) is 5.02 Å². The molecule has 1 aliphatic rings. The van der Waals surface area contributed by atoms with Crippen molar-refractivity contribution in [2.75, 3.05) is 11.5 Å². The van der Waals surface area contributed by atoms with Crippen LogP contribution in [0.5, 0.6) is 5.75 Å². The molecular weight excluding hydrogens is 474 g/mol. The predicted molar refractivity (Wildman–Crippen MR) is 142 cm³/mol. The summed E-state index contributed by atoms with van der Waals surface area (Å²) in [4.78, 5) is 28.3. The van der Waals surface area contributed by atoms with Gasteiger partial charge in [-0.3, -0.25) is 14.5 Å². The highest BCUT2D eigenvalue weighted by Crippen LogP contribution is 2.44. The molecule has 0 aliphatic carbocycles. The van der Waals surface area contributed by atoms with E-state index in [1.165, 1.54) is 4.90 Å². The van der Waals surface area contributed by atoms with Gasteiger partial charge in [-0.1, -0.05) is 67.1 Å². The number of Topliss-reactive ketones (excluding diaryl/α,β-unsaturated/α-hetero) is 1. The summed E-state index contributed by atoms with van der Waals surface area (Å²) in [5.41, 5.74) is 1.66. The largest absolute Gasteiger partial charge is 0.507 e. The van der Waals surface area contributed by atoms with Gasteiger partial charge in [0.05, 0.1) is 18.2 Å². The van der Waals surface area contributed by atoms with Crippen LogP contribution in [0.1, 0.15) is 30.5 Å².